The van der Waals surface area contributed by atoms with E-state index >= 15 is 0 Å². The van der Waals surface area contributed by atoms with Crippen molar-refractivity contribution in [2.75, 3.05) is 6.54 Å². The molecule has 0 aliphatic heterocycles. The lowest BCUT2D eigenvalue weighted by atomic mass is 10.1. The predicted octanol–water partition coefficient (Wildman–Crippen LogP) is 2.39. The quantitative estimate of drug-likeness (QED) is 0.871. The van der Waals surface area contributed by atoms with Gasteiger partial charge in [-0.25, -0.2) is 4.39 Å². The molecular weight excluding hydrogens is 245 g/mol. The molecule has 0 aliphatic carbocycles. The van der Waals surface area contributed by atoms with Crippen LogP contribution in [-0.4, -0.2) is 21.4 Å². The van der Waals surface area contributed by atoms with E-state index in [1.807, 2.05) is 30.9 Å². The number of hydrogen-bond donors (Lipinski definition) is 2. The summed E-state index contributed by atoms with van der Waals surface area (Å²) in [5, 5.41) is 17.1. The fourth-order valence-corrected chi connectivity index (χ4v) is 1.98. The Balaban J connectivity index is 1.88. The van der Waals surface area contributed by atoms with Gasteiger partial charge in [-0.1, -0.05) is 6.07 Å². The van der Waals surface area contributed by atoms with Gasteiger partial charge < -0.3 is 10.4 Å². The summed E-state index contributed by atoms with van der Waals surface area (Å²) in [6.45, 7) is 5.40. The van der Waals surface area contributed by atoms with Crippen LogP contribution < -0.4 is 5.32 Å². The molecule has 1 atom stereocenters. The van der Waals surface area contributed by atoms with Gasteiger partial charge in [0.1, 0.15) is 11.6 Å². The van der Waals surface area contributed by atoms with Gasteiger partial charge in [-0.3, -0.25) is 4.68 Å². The topological polar surface area (TPSA) is 50.1 Å². The second kappa shape index (κ2) is 5.84. The molecular formula is C14H18FN3O. The molecule has 0 amide bonds. The SMILES string of the molecule is Cc1cnn(CCNC(C)c2ccc(F)cc2O)c1. The van der Waals surface area contributed by atoms with Crippen molar-refractivity contribution in [3.63, 3.8) is 0 Å². The van der Waals surface area contributed by atoms with Gasteiger partial charge in [0.2, 0.25) is 0 Å². The molecule has 2 N–H and O–H groups in total. The van der Waals surface area contributed by atoms with E-state index in [0.717, 1.165) is 24.7 Å². The molecule has 2 rings (SSSR count). The lowest BCUT2D eigenvalue weighted by Gasteiger charge is -2.15. The van der Waals surface area contributed by atoms with E-state index < -0.39 is 5.82 Å². The first-order valence-corrected chi connectivity index (χ1v) is 6.27. The third-order valence-electron chi connectivity index (χ3n) is 3.01. The van der Waals surface area contributed by atoms with E-state index in [1.54, 1.807) is 6.07 Å². The van der Waals surface area contributed by atoms with E-state index in [1.165, 1.54) is 6.07 Å². The summed E-state index contributed by atoms with van der Waals surface area (Å²) in [5.41, 5.74) is 1.82. The van der Waals surface area contributed by atoms with Gasteiger partial charge >= 0.3 is 0 Å². The second-order valence-corrected chi connectivity index (χ2v) is 4.66. The Morgan fingerprint density at radius 2 is 2.26 bits per heavy atom. The highest BCUT2D eigenvalue weighted by molar-refractivity contribution is 5.34. The standard InChI is InChI=1S/C14H18FN3O/c1-10-8-17-18(9-10)6-5-16-11(2)13-4-3-12(15)7-14(13)19/h3-4,7-9,11,16,19H,5-6H2,1-2H3. The molecule has 0 saturated carbocycles. The molecule has 0 spiro atoms. The molecule has 0 bridgehead atoms. The highest BCUT2D eigenvalue weighted by atomic mass is 19.1. The summed E-state index contributed by atoms with van der Waals surface area (Å²) in [6, 6.07) is 4.03. The minimum Gasteiger partial charge on any atom is -0.508 e. The van der Waals surface area contributed by atoms with E-state index in [4.69, 9.17) is 0 Å². The number of halogens is 1. The molecule has 5 heteroatoms. The number of phenols is 1. The van der Waals surface area contributed by atoms with Crippen LogP contribution in [0.3, 0.4) is 0 Å². The van der Waals surface area contributed by atoms with Crippen LogP contribution in [0.15, 0.2) is 30.6 Å². The maximum Gasteiger partial charge on any atom is 0.126 e. The van der Waals surface area contributed by atoms with Gasteiger partial charge in [-0.2, -0.15) is 5.10 Å². The Hall–Kier alpha value is -1.88. The van der Waals surface area contributed by atoms with Gasteiger partial charge in [-0.05, 0) is 25.5 Å². The molecule has 102 valence electrons. The van der Waals surface area contributed by atoms with Crippen LogP contribution in [0.2, 0.25) is 0 Å². The Labute approximate surface area is 111 Å². The Bertz CT molecular complexity index is 553. The molecule has 4 nitrogen and oxygen atoms in total. The van der Waals surface area contributed by atoms with Crippen molar-refractivity contribution in [3.05, 3.63) is 47.5 Å². The first kappa shape index (κ1) is 13.5. The number of benzene rings is 1. The molecule has 1 aromatic carbocycles. The summed E-state index contributed by atoms with van der Waals surface area (Å²) in [4.78, 5) is 0. The average molecular weight is 263 g/mol. The van der Waals surface area contributed by atoms with Crippen LogP contribution >= 0.6 is 0 Å². The normalized spacial score (nSPS) is 12.6. The summed E-state index contributed by atoms with van der Waals surface area (Å²) in [7, 11) is 0. The number of aromatic nitrogens is 2. The molecule has 0 fully saturated rings. The maximum atomic E-state index is 12.9. The molecule has 19 heavy (non-hydrogen) atoms. The summed E-state index contributed by atoms with van der Waals surface area (Å²) in [6.07, 6.45) is 3.79. The lowest BCUT2D eigenvalue weighted by Crippen LogP contribution is -2.23. The predicted molar refractivity (Wildman–Crippen MR) is 71.4 cm³/mol. The van der Waals surface area contributed by atoms with Crippen molar-refractivity contribution in [3.8, 4) is 5.75 Å². The summed E-state index contributed by atoms with van der Waals surface area (Å²) < 4.78 is 14.8. The van der Waals surface area contributed by atoms with E-state index in [-0.39, 0.29) is 11.8 Å². The Morgan fingerprint density at radius 1 is 1.47 bits per heavy atom. The monoisotopic (exact) mass is 263 g/mol. The van der Waals surface area contributed by atoms with Crippen LogP contribution in [0.5, 0.6) is 5.75 Å². The van der Waals surface area contributed by atoms with E-state index in [9.17, 15) is 9.50 Å². The second-order valence-electron chi connectivity index (χ2n) is 4.66. The number of nitrogens with zero attached hydrogens (tertiary/aromatic N) is 2. The molecule has 1 unspecified atom stereocenters. The van der Waals surface area contributed by atoms with Crippen LogP contribution in [0.4, 0.5) is 4.39 Å². The molecule has 0 aliphatic rings. The highest BCUT2D eigenvalue weighted by Crippen LogP contribution is 2.24. The summed E-state index contributed by atoms with van der Waals surface area (Å²) in [5.74, 6) is -0.449. The zero-order chi connectivity index (χ0) is 13.8. The summed E-state index contributed by atoms with van der Waals surface area (Å²) >= 11 is 0. The van der Waals surface area contributed by atoms with Gasteiger partial charge in [0.25, 0.3) is 0 Å². The fraction of sp³-hybridized carbons (Fsp3) is 0.357. The molecule has 0 saturated heterocycles. The third-order valence-corrected chi connectivity index (χ3v) is 3.01. The van der Waals surface area contributed by atoms with Crippen molar-refractivity contribution >= 4 is 0 Å². The number of nitrogens with one attached hydrogen (secondary N) is 1. The van der Waals surface area contributed by atoms with Crippen molar-refractivity contribution in [1.29, 1.82) is 0 Å². The lowest BCUT2D eigenvalue weighted by molar-refractivity contribution is 0.441. The van der Waals surface area contributed by atoms with Crippen LogP contribution in [0.25, 0.3) is 0 Å². The van der Waals surface area contributed by atoms with Crippen molar-refractivity contribution in [2.24, 2.45) is 0 Å². The highest BCUT2D eigenvalue weighted by Gasteiger charge is 2.10. The van der Waals surface area contributed by atoms with E-state index in [2.05, 4.69) is 10.4 Å². The molecule has 0 radical (unpaired) electrons. The minimum atomic E-state index is -0.430. The van der Waals surface area contributed by atoms with Gasteiger partial charge in [0.05, 0.1) is 12.7 Å². The van der Waals surface area contributed by atoms with Gasteiger partial charge in [0, 0.05) is 30.4 Å². The maximum absolute atomic E-state index is 12.9. The van der Waals surface area contributed by atoms with Crippen LogP contribution in [0, 0.1) is 12.7 Å². The zero-order valence-electron chi connectivity index (χ0n) is 11.1. The largest absolute Gasteiger partial charge is 0.508 e. The number of aryl methyl sites for hydroxylation is 1. The van der Waals surface area contributed by atoms with Crippen molar-refractivity contribution < 1.29 is 9.50 Å². The molecule has 2 aromatic rings. The first-order chi connectivity index (χ1) is 9.06. The zero-order valence-corrected chi connectivity index (χ0v) is 11.1. The average Bonchev–Trinajstić information content (AvgIpc) is 2.75. The van der Waals surface area contributed by atoms with Gasteiger partial charge in [0.15, 0.2) is 0 Å². The molecule has 1 heterocycles. The molecule has 1 aromatic heterocycles. The van der Waals surface area contributed by atoms with Crippen molar-refractivity contribution in [1.82, 2.24) is 15.1 Å². The minimum absolute atomic E-state index is 0.0186. The Morgan fingerprint density at radius 3 is 2.89 bits per heavy atom. The smallest absolute Gasteiger partial charge is 0.126 e. The van der Waals surface area contributed by atoms with Gasteiger partial charge in [-0.15, -0.1) is 0 Å². The third kappa shape index (κ3) is 3.54. The number of rotatable bonds is 5. The fourth-order valence-electron chi connectivity index (χ4n) is 1.98. The first-order valence-electron chi connectivity index (χ1n) is 6.27. The Kier molecular flexibility index (Phi) is 4.16. The van der Waals surface area contributed by atoms with E-state index in [0.29, 0.717) is 5.56 Å². The van der Waals surface area contributed by atoms with Crippen molar-refractivity contribution in [2.45, 2.75) is 26.4 Å². The number of aromatic hydroxyl groups is 1. The number of phenolic OH excluding ortho intramolecular Hbond substituents is 1. The van der Waals surface area contributed by atoms with Crippen LogP contribution in [0.1, 0.15) is 24.1 Å². The van der Waals surface area contributed by atoms with Crippen LogP contribution in [-0.2, 0) is 6.54 Å². The number of hydrogen-bond acceptors (Lipinski definition) is 3.